The summed E-state index contributed by atoms with van der Waals surface area (Å²) < 4.78 is 6.09. The van der Waals surface area contributed by atoms with Gasteiger partial charge in [0.25, 0.3) is 0 Å². The lowest BCUT2D eigenvalue weighted by Gasteiger charge is -2.41. The van der Waals surface area contributed by atoms with Gasteiger partial charge in [0.05, 0.1) is 24.3 Å². The van der Waals surface area contributed by atoms with Gasteiger partial charge in [-0.3, -0.25) is 0 Å². The third-order valence-electron chi connectivity index (χ3n) is 6.34. The van der Waals surface area contributed by atoms with Crippen LogP contribution in [-0.2, 0) is 4.74 Å². The second-order valence-electron chi connectivity index (χ2n) is 6.70. The molecule has 1 heterocycles. The van der Waals surface area contributed by atoms with Crippen LogP contribution in [0.15, 0.2) is 0 Å². The number of fused-ring (bicyclic) bond motifs is 2. The standard InChI is InChI=1S/C15H12N4O/c16-6-12(7-17)4-14-10-1-2-11(3-10)15(14,20-14)5-13(12,8-18)9-19/h10-11H,1-5H2/t10-,11+,14+,15-. The van der Waals surface area contributed by atoms with Crippen LogP contribution in [0, 0.1) is 68.0 Å². The van der Waals surface area contributed by atoms with Crippen molar-refractivity contribution in [1.82, 2.24) is 0 Å². The third-order valence-corrected chi connectivity index (χ3v) is 6.34. The highest BCUT2D eigenvalue weighted by atomic mass is 16.6. The van der Waals surface area contributed by atoms with Gasteiger partial charge < -0.3 is 4.74 Å². The Hall–Kier alpha value is -2.08. The summed E-state index contributed by atoms with van der Waals surface area (Å²) in [6.45, 7) is 0. The van der Waals surface area contributed by atoms with Crippen LogP contribution < -0.4 is 0 Å². The Morgan fingerprint density at radius 1 is 0.750 bits per heavy atom. The van der Waals surface area contributed by atoms with Crippen molar-refractivity contribution in [2.75, 3.05) is 0 Å². The van der Waals surface area contributed by atoms with Crippen molar-refractivity contribution in [3.05, 3.63) is 0 Å². The number of hydrogen-bond donors (Lipinski definition) is 0. The van der Waals surface area contributed by atoms with Crippen LogP contribution in [0.1, 0.15) is 32.1 Å². The van der Waals surface area contributed by atoms with Crippen LogP contribution in [-0.4, -0.2) is 11.2 Å². The van der Waals surface area contributed by atoms with Gasteiger partial charge in [0.15, 0.2) is 10.8 Å². The Morgan fingerprint density at radius 3 is 1.50 bits per heavy atom. The quantitative estimate of drug-likeness (QED) is 0.619. The summed E-state index contributed by atoms with van der Waals surface area (Å²) in [5.74, 6) is 0.785. The summed E-state index contributed by atoms with van der Waals surface area (Å²) in [5, 5.41) is 38.1. The first kappa shape index (κ1) is 11.7. The molecule has 0 unspecified atom stereocenters. The highest BCUT2D eigenvalue weighted by molar-refractivity contribution is 5.46. The van der Waals surface area contributed by atoms with Gasteiger partial charge >= 0.3 is 0 Å². The minimum Gasteiger partial charge on any atom is -0.362 e. The molecule has 5 heteroatoms. The molecule has 0 N–H and O–H groups in total. The molecule has 4 rings (SSSR count). The van der Waals surface area contributed by atoms with E-state index in [1.165, 1.54) is 0 Å². The van der Waals surface area contributed by atoms with Gasteiger partial charge in [-0.1, -0.05) is 0 Å². The van der Waals surface area contributed by atoms with E-state index >= 15 is 0 Å². The van der Waals surface area contributed by atoms with Crippen LogP contribution in [0.5, 0.6) is 0 Å². The molecule has 3 aliphatic carbocycles. The fourth-order valence-electron chi connectivity index (χ4n) is 5.33. The molecule has 0 radical (unpaired) electrons. The van der Waals surface area contributed by atoms with Gasteiger partial charge in [0.2, 0.25) is 0 Å². The Kier molecular flexibility index (Phi) is 1.75. The molecule has 5 nitrogen and oxygen atoms in total. The minimum atomic E-state index is -1.57. The fraction of sp³-hybridized carbons (Fsp3) is 0.733. The molecule has 0 amide bonds. The summed E-state index contributed by atoms with van der Waals surface area (Å²) in [5.41, 5.74) is -3.95. The van der Waals surface area contributed by atoms with Crippen LogP contribution in [0.2, 0.25) is 0 Å². The smallest absolute Gasteiger partial charge is 0.178 e. The number of nitrogens with zero attached hydrogens (tertiary/aromatic N) is 4. The number of epoxide rings is 1. The van der Waals surface area contributed by atoms with Crippen LogP contribution in [0.3, 0.4) is 0 Å². The van der Waals surface area contributed by atoms with E-state index in [9.17, 15) is 21.0 Å². The molecular formula is C15H12N4O. The van der Waals surface area contributed by atoms with Crippen molar-refractivity contribution in [3.63, 3.8) is 0 Å². The Morgan fingerprint density at radius 2 is 1.15 bits per heavy atom. The largest absolute Gasteiger partial charge is 0.362 e. The van der Waals surface area contributed by atoms with Crippen molar-refractivity contribution < 1.29 is 4.74 Å². The van der Waals surface area contributed by atoms with Crippen LogP contribution in [0.25, 0.3) is 0 Å². The van der Waals surface area contributed by atoms with Crippen molar-refractivity contribution in [2.45, 2.75) is 43.3 Å². The normalized spacial score (nSPS) is 47.8. The average Bonchev–Trinajstić information content (AvgIpc) is 2.83. The van der Waals surface area contributed by atoms with E-state index in [4.69, 9.17) is 4.74 Å². The zero-order chi connectivity index (χ0) is 14.2. The second-order valence-corrected chi connectivity index (χ2v) is 6.70. The highest BCUT2D eigenvalue weighted by Crippen LogP contribution is 2.80. The predicted molar refractivity (Wildman–Crippen MR) is 63.9 cm³/mol. The van der Waals surface area contributed by atoms with Gasteiger partial charge in [0.1, 0.15) is 11.2 Å². The molecule has 0 aromatic carbocycles. The molecule has 4 aliphatic rings. The molecule has 2 bridgehead atoms. The zero-order valence-electron chi connectivity index (χ0n) is 10.9. The number of nitriles is 4. The third kappa shape index (κ3) is 0.841. The van der Waals surface area contributed by atoms with Gasteiger partial charge in [0, 0.05) is 12.8 Å². The van der Waals surface area contributed by atoms with Crippen LogP contribution >= 0.6 is 0 Å². The Bertz CT molecular complexity index is 601. The molecular weight excluding hydrogens is 252 g/mol. The number of hydrogen-bond acceptors (Lipinski definition) is 5. The van der Waals surface area contributed by atoms with E-state index in [-0.39, 0.29) is 12.8 Å². The molecule has 4 fully saturated rings. The summed E-state index contributed by atoms with van der Waals surface area (Å²) >= 11 is 0. The lowest BCUT2D eigenvalue weighted by Crippen LogP contribution is -2.53. The van der Waals surface area contributed by atoms with Crippen molar-refractivity contribution >= 4 is 0 Å². The predicted octanol–water partition coefficient (Wildman–Crippen LogP) is 1.79. The second kappa shape index (κ2) is 2.98. The molecule has 1 saturated heterocycles. The molecule has 4 atom stereocenters. The maximum absolute atomic E-state index is 9.53. The van der Waals surface area contributed by atoms with Crippen molar-refractivity contribution in [2.24, 2.45) is 22.7 Å². The molecule has 1 aliphatic heterocycles. The van der Waals surface area contributed by atoms with E-state index in [2.05, 4.69) is 0 Å². The lowest BCUT2D eigenvalue weighted by atomic mass is 9.51. The van der Waals surface area contributed by atoms with E-state index < -0.39 is 22.0 Å². The molecule has 98 valence electrons. The fourth-order valence-corrected chi connectivity index (χ4v) is 5.33. The SMILES string of the molecule is N#CC1(C#N)C[C@@]23O[C@]2(CC1(C#N)C#N)[C@H]1CC[C@@H]3C1. The first-order valence-corrected chi connectivity index (χ1v) is 6.93. The maximum Gasteiger partial charge on any atom is 0.178 e. The molecule has 0 aromatic heterocycles. The van der Waals surface area contributed by atoms with E-state index in [0.29, 0.717) is 11.8 Å². The monoisotopic (exact) mass is 264 g/mol. The summed E-state index contributed by atoms with van der Waals surface area (Å²) in [7, 11) is 0. The summed E-state index contributed by atoms with van der Waals surface area (Å²) in [4.78, 5) is 0. The molecule has 0 spiro atoms. The Labute approximate surface area is 117 Å². The van der Waals surface area contributed by atoms with Crippen LogP contribution in [0.4, 0.5) is 0 Å². The first-order chi connectivity index (χ1) is 9.57. The lowest BCUT2D eigenvalue weighted by molar-refractivity contribution is 0.128. The van der Waals surface area contributed by atoms with Gasteiger partial charge in [-0.15, -0.1) is 0 Å². The van der Waals surface area contributed by atoms with Crippen molar-refractivity contribution in [1.29, 1.82) is 21.0 Å². The molecule has 20 heavy (non-hydrogen) atoms. The average molecular weight is 264 g/mol. The van der Waals surface area contributed by atoms with E-state index in [0.717, 1.165) is 19.3 Å². The zero-order valence-corrected chi connectivity index (χ0v) is 10.9. The van der Waals surface area contributed by atoms with Gasteiger partial charge in [-0.25, -0.2) is 0 Å². The van der Waals surface area contributed by atoms with Gasteiger partial charge in [-0.05, 0) is 31.1 Å². The van der Waals surface area contributed by atoms with E-state index in [1.54, 1.807) is 0 Å². The molecule has 0 aromatic rings. The Balaban J connectivity index is 1.90. The van der Waals surface area contributed by atoms with E-state index in [1.807, 2.05) is 24.3 Å². The molecule has 3 saturated carbocycles. The topological polar surface area (TPSA) is 108 Å². The van der Waals surface area contributed by atoms with Crippen molar-refractivity contribution in [3.8, 4) is 24.3 Å². The highest BCUT2D eigenvalue weighted by Gasteiger charge is 2.88. The maximum atomic E-state index is 9.53. The number of ether oxygens (including phenoxy) is 1. The summed E-state index contributed by atoms with van der Waals surface area (Å²) in [6.07, 6.45) is 3.64. The summed E-state index contributed by atoms with van der Waals surface area (Å²) in [6, 6.07) is 7.98. The first-order valence-electron chi connectivity index (χ1n) is 6.93. The number of rotatable bonds is 0. The van der Waals surface area contributed by atoms with Gasteiger partial charge in [-0.2, -0.15) is 21.0 Å². The minimum absolute atomic E-state index is 0.218.